The van der Waals surface area contributed by atoms with Crippen LogP contribution in [0.25, 0.3) is 11.2 Å². The summed E-state index contributed by atoms with van der Waals surface area (Å²) in [6.07, 6.45) is 2.60. The second-order valence-corrected chi connectivity index (χ2v) is 5.14. The van der Waals surface area contributed by atoms with E-state index in [9.17, 15) is 0 Å². The fourth-order valence-electron chi connectivity index (χ4n) is 1.95. The van der Waals surface area contributed by atoms with E-state index in [1.807, 2.05) is 23.6 Å². The quantitative estimate of drug-likeness (QED) is 0.781. The Morgan fingerprint density at radius 1 is 1.39 bits per heavy atom. The van der Waals surface area contributed by atoms with E-state index in [2.05, 4.69) is 20.3 Å². The molecule has 0 bridgehead atoms. The minimum atomic E-state index is 0.510. The van der Waals surface area contributed by atoms with Gasteiger partial charge in [0.2, 0.25) is 5.95 Å². The highest BCUT2D eigenvalue weighted by atomic mass is 32.1. The lowest BCUT2D eigenvalue weighted by Gasteiger charge is -2.03. The average molecular weight is 259 g/mol. The number of imidazole rings is 1. The summed E-state index contributed by atoms with van der Waals surface area (Å²) in [6.45, 7) is 2.76. The first-order valence-electron chi connectivity index (χ1n) is 5.72. The van der Waals surface area contributed by atoms with Gasteiger partial charge in [0.1, 0.15) is 5.52 Å². The lowest BCUT2D eigenvalue weighted by molar-refractivity contribution is 0.709. The Balaban J connectivity index is 1.88. The molecule has 92 valence electrons. The molecule has 0 unspecified atom stereocenters. The molecule has 0 spiro atoms. The van der Waals surface area contributed by atoms with Gasteiger partial charge in [-0.1, -0.05) is 0 Å². The van der Waals surface area contributed by atoms with Gasteiger partial charge in [0.05, 0.1) is 10.7 Å². The number of aryl methyl sites for hydroxylation is 3. The van der Waals surface area contributed by atoms with Gasteiger partial charge in [-0.3, -0.25) is 4.57 Å². The van der Waals surface area contributed by atoms with Crippen LogP contribution in [0.4, 0.5) is 5.95 Å². The molecule has 0 aromatic carbocycles. The molecule has 0 amide bonds. The molecule has 0 aliphatic heterocycles. The van der Waals surface area contributed by atoms with Crippen molar-refractivity contribution < 1.29 is 0 Å². The van der Waals surface area contributed by atoms with Gasteiger partial charge < -0.3 is 5.73 Å². The van der Waals surface area contributed by atoms with Gasteiger partial charge in [0.15, 0.2) is 5.65 Å². The van der Waals surface area contributed by atoms with E-state index in [0.717, 1.165) is 34.8 Å². The van der Waals surface area contributed by atoms with E-state index >= 15 is 0 Å². The van der Waals surface area contributed by atoms with Crippen molar-refractivity contribution in [3.63, 3.8) is 0 Å². The topological polar surface area (TPSA) is 69.6 Å². The SMILES string of the molecule is Cc1nc(CCn2c(N)nc3cccnc32)cs1. The smallest absolute Gasteiger partial charge is 0.202 e. The second kappa shape index (κ2) is 4.38. The predicted molar refractivity (Wildman–Crippen MR) is 72.5 cm³/mol. The summed E-state index contributed by atoms with van der Waals surface area (Å²) >= 11 is 1.67. The van der Waals surface area contributed by atoms with Crippen molar-refractivity contribution >= 4 is 28.4 Å². The fourth-order valence-corrected chi connectivity index (χ4v) is 2.59. The van der Waals surface area contributed by atoms with E-state index in [-0.39, 0.29) is 0 Å². The maximum absolute atomic E-state index is 5.92. The van der Waals surface area contributed by atoms with Crippen molar-refractivity contribution in [3.05, 3.63) is 34.4 Å². The molecule has 2 N–H and O–H groups in total. The number of aromatic nitrogens is 4. The Bertz CT molecular complexity index is 685. The molecule has 3 rings (SSSR count). The van der Waals surface area contributed by atoms with Crippen LogP contribution in [-0.2, 0) is 13.0 Å². The summed E-state index contributed by atoms with van der Waals surface area (Å²) in [6, 6.07) is 3.78. The summed E-state index contributed by atoms with van der Waals surface area (Å²) in [7, 11) is 0. The van der Waals surface area contributed by atoms with E-state index < -0.39 is 0 Å². The number of pyridine rings is 1. The molecule has 18 heavy (non-hydrogen) atoms. The average Bonchev–Trinajstić information content (AvgIpc) is 2.90. The monoisotopic (exact) mass is 259 g/mol. The molecule has 3 aromatic heterocycles. The number of rotatable bonds is 3. The van der Waals surface area contributed by atoms with Crippen molar-refractivity contribution in [1.29, 1.82) is 0 Å². The molecule has 3 aromatic rings. The molecule has 0 aliphatic rings. The Labute approximate surface area is 108 Å². The lowest BCUT2D eigenvalue weighted by Crippen LogP contribution is -2.06. The second-order valence-electron chi connectivity index (χ2n) is 4.08. The van der Waals surface area contributed by atoms with Gasteiger partial charge in [-0.2, -0.15) is 0 Å². The molecule has 0 atom stereocenters. The molecule has 0 aliphatic carbocycles. The number of nitrogens with two attached hydrogens (primary N) is 1. The third-order valence-electron chi connectivity index (χ3n) is 2.79. The van der Waals surface area contributed by atoms with Crippen LogP contribution in [0.5, 0.6) is 0 Å². The van der Waals surface area contributed by atoms with Crippen molar-refractivity contribution in [3.8, 4) is 0 Å². The molecule has 0 fully saturated rings. The molecule has 0 saturated heterocycles. The van der Waals surface area contributed by atoms with Crippen LogP contribution < -0.4 is 5.73 Å². The largest absolute Gasteiger partial charge is 0.369 e. The van der Waals surface area contributed by atoms with Crippen LogP contribution >= 0.6 is 11.3 Å². The minimum absolute atomic E-state index is 0.510. The highest BCUT2D eigenvalue weighted by molar-refractivity contribution is 7.09. The molecular weight excluding hydrogens is 246 g/mol. The van der Waals surface area contributed by atoms with E-state index in [0.29, 0.717) is 5.95 Å². The Morgan fingerprint density at radius 3 is 3.06 bits per heavy atom. The summed E-state index contributed by atoms with van der Waals surface area (Å²) in [5.74, 6) is 0.510. The van der Waals surface area contributed by atoms with Crippen LogP contribution in [0.15, 0.2) is 23.7 Å². The van der Waals surface area contributed by atoms with Gasteiger partial charge in [0.25, 0.3) is 0 Å². The van der Waals surface area contributed by atoms with Gasteiger partial charge in [-0.15, -0.1) is 11.3 Å². The maximum Gasteiger partial charge on any atom is 0.202 e. The maximum atomic E-state index is 5.92. The Hall–Kier alpha value is -1.95. The van der Waals surface area contributed by atoms with Gasteiger partial charge in [0, 0.05) is 24.5 Å². The number of nitrogen functional groups attached to an aromatic ring is 1. The fraction of sp³-hybridized carbons (Fsp3) is 0.250. The number of thiazole rings is 1. The summed E-state index contributed by atoms with van der Waals surface area (Å²) in [5.41, 5.74) is 8.68. The number of hydrogen-bond donors (Lipinski definition) is 1. The van der Waals surface area contributed by atoms with Crippen molar-refractivity contribution in [2.75, 3.05) is 5.73 Å². The first-order valence-corrected chi connectivity index (χ1v) is 6.60. The van der Waals surface area contributed by atoms with E-state index in [1.165, 1.54) is 0 Å². The molecule has 6 heteroatoms. The van der Waals surface area contributed by atoms with E-state index in [1.54, 1.807) is 17.5 Å². The van der Waals surface area contributed by atoms with Crippen LogP contribution in [0.3, 0.4) is 0 Å². The van der Waals surface area contributed by atoms with Crippen LogP contribution in [0, 0.1) is 6.92 Å². The van der Waals surface area contributed by atoms with Gasteiger partial charge >= 0.3 is 0 Å². The predicted octanol–water partition coefficient (Wildman–Crippen LogP) is 2.02. The molecular formula is C12H13N5S. The molecule has 5 nitrogen and oxygen atoms in total. The van der Waals surface area contributed by atoms with Crippen molar-refractivity contribution in [1.82, 2.24) is 19.5 Å². The van der Waals surface area contributed by atoms with Crippen molar-refractivity contribution in [2.24, 2.45) is 0 Å². The van der Waals surface area contributed by atoms with Crippen molar-refractivity contribution in [2.45, 2.75) is 19.9 Å². The zero-order valence-corrected chi connectivity index (χ0v) is 10.8. The van der Waals surface area contributed by atoms with Gasteiger partial charge in [-0.05, 0) is 19.1 Å². The highest BCUT2D eigenvalue weighted by Crippen LogP contribution is 2.16. The molecule has 0 radical (unpaired) electrons. The summed E-state index contributed by atoms with van der Waals surface area (Å²) in [5, 5.41) is 3.17. The first kappa shape index (κ1) is 11.2. The lowest BCUT2D eigenvalue weighted by atomic mass is 10.3. The van der Waals surface area contributed by atoms with E-state index in [4.69, 9.17) is 5.73 Å². The first-order chi connectivity index (χ1) is 8.74. The third-order valence-corrected chi connectivity index (χ3v) is 3.61. The van der Waals surface area contributed by atoms with Gasteiger partial charge in [-0.25, -0.2) is 15.0 Å². The Morgan fingerprint density at radius 2 is 2.28 bits per heavy atom. The molecule has 3 heterocycles. The number of anilines is 1. The zero-order valence-electron chi connectivity index (χ0n) is 10.00. The standard InChI is InChI=1S/C12H13N5S/c1-8-15-9(7-18-8)4-6-17-11-10(16-12(17)13)3-2-5-14-11/h2-3,5,7H,4,6H2,1H3,(H2,13,16). The number of fused-ring (bicyclic) bond motifs is 1. The number of hydrogen-bond acceptors (Lipinski definition) is 5. The zero-order chi connectivity index (χ0) is 12.5. The summed E-state index contributed by atoms with van der Waals surface area (Å²) < 4.78 is 1.93. The minimum Gasteiger partial charge on any atom is -0.369 e. The number of nitrogens with zero attached hydrogens (tertiary/aromatic N) is 4. The molecule has 0 saturated carbocycles. The third kappa shape index (κ3) is 1.95. The van der Waals surface area contributed by atoms with Crippen LogP contribution in [0.1, 0.15) is 10.7 Å². The van der Waals surface area contributed by atoms with Crippen LogP contribution in [0.2, 0.25) is 0 Å². The Kier molecular flexibility index (Phi) is 2.71. The highest BCUT2D eigenvalue weighted by Gasteiger charge is 2.09. The summed E-state index contributed by atoms with van der Waals surface area (Å²) in [4.78, 5) is 13.1. The normalized spacial score (nSPS) is 11.2. The van der Waals surface area contributed by atoms with Crippen LogP contribution in [-0.4, -0.2) is 19.5 Å².